The number of carboxylic acids is 1. The molecule has 2 atom stereocenters. The van der Waals surface area contributed by atoms with Crippen molar-refractivity contribution in [3.05, 3.63) is 53.9 Å². The molecule has 1 aromatic heterocycles. The second kappa shape index (κ2) is 8.67. The van der Waals surface area contributed by atoms with Crippen LogP contribution in [-0.4, -0.2) is 63.4 Å². The predicted octanol–water partition coefficient (Wildman–Crippen LogP) is 2.88. The van der Waals surface area contributed by atoms with E-state index >= 15 is 0 Å². The molecule has 29 heavy (non-hydrogen) atoms. The molecule has 3 heterocycles. The molecule has 2 aromatic rings. The average Bonchev–Trinajstić information content (AvgIpc) is 3.33. The maximum atomic E-state index is 11.3. The molecular formula is C23H32N4O2. The quantitative estimate of drug-likeness (QED) is 0.706. The Morgan fingerprint density at radius 1 is 1.17 bits per heavy atom. The molecule has 156 valence electrons. The van der Waals surface area contributed by atoms with Crippen molar-refractivity contribution < 1.29 is 9.90 Å². The van der Waals surface area contributed by atoms with Crippen molar-refractivity contribution in [3.63, 3.8) is 0 Å². The molecule has 4 rings (SSSR count). The van der Waals surface area contributed by atoms with Gasteiger partial charge in [-0.1, -0.05) is 30.3 Å². The van der Waals surface area contributed by atoms with Crippen LogP contribution in [0.25, 0.3) is 0 Å². The summed E-state index contributed by atoms with van der Waals surface area (Å²) in [6, 6.07) is 10.6. The fourth-order valence-corrected chi connectivity index (χ4v) is 5.29. The van der Waals surface area contributed by atoms with Crippen molar-refractivity contribution >= 4 is 5.97 Å². The van der Waals surface area contributed by atoms with E-state index in [9.17, 15) is 9.90 Å². The van der Waals surface area contributed by atoms with Crippen molar-refractivity contribution in [1.29, 1.82) is 0 Å². The highest BCUT2D eigenvalue weighted by Gasteiger charge is 2.51. The van der Waals surface area contributed by atoms with Gasteiger partial charge in [0.15, 0.2) is 0 Å². The Morgan fingerprint density at radius 2 is 1.93 bits per heavy atom. The third kappa shape index (κ3) is 4.87. The Bertz CT molecular complexity index is 821. The van der Waals surface area contributed by atoms with E-state index in [4.69, 9.17) is 0 Å². The highest BCUT2D eigenvalue weighted by Crippen LogP contribution is 2.46. The number of aromatic nitrogens is 2. The minimum atomic E-state index is -0.674. The molecule has 0 aliphatic carbocycles. The summed E-state index contributed by atoms with van der Waals surface area (Å²) in [5.41, 5.74) is 2.66. The summed E-state index contributed by atoms with van der Waals surface area (Å²) in [5, 5.41) is 13.7. The zero-order chi connectivity index (χ0) is 20.3. The molecule has 2 unspecified atom stereocenters. The number of carbonyl (C=O) groups is 1. The second-order valence-electron chi connectivity index (χ2n) is 8.98. The van der Waals surface area contributed by atoms with Gasteiger partial charge in [-0.15, -0.1) is 0 Å². The molecule has 0 radical (unpaired) electrons. The lowest BCUT2D eigenvalue weighted by atomic mass is 9.77. The van der Waals surface area contributed by atoms with Crippen LogP contribution in [0, 0.1) is 18.3 Å². The van der Waals surface area contributed by atoms with Crippen molar-refractivity contribution in [2.24, 2.45) is 11.3 Å². The number of aryl methyl sites for hydroxylation is 2. The summed E-state index contributed by atoms with van der Waals surface area (Å²) in [5.74, 6) is -0.107. The summed E-state index contributed by atoms with van der Waals surface area (Å²) >= 11 is 0. The molecular weight excluding hydrogens is 364 g/mol. The number of likely N-dealkylation sites (tertiary alicyclic amines) is 2. The van der Waals surface area contributed by atoms with Crippen LogP contribution in [-0.2, 0) is 17.9 Å². The first-order chi connectivity index (χ1) is 14.0. The first-order valence-corrected chi connectivity index (χ1v) is 10.7. The fourth-order valence-electron chi connectivity index (χ4n) is 5.29. The van der Waals surface area contributed by atoms with Gasteiger partial charge in [-0.2, -0.15) is 5.10 Å². The van der Waals surface area contributed by atoms with Crippen LogP contribution < -0.4 is 0 Å². The van der Waals surface area contributed by atoms with Crippen LogP contribution >= 0.6 is 0 Å². The number of benzene rings is 1. The summed E-state index contributed by atoms with van der Waals surface area (Å²) in [6.45, 7) is 9.22. The maximum Gasteiger partial charge on any atom is 0.303 e. The van der Waals surface area contributed by atoms with Gasteiger partial charge in [0.2, 0.25) is 0 Å². The lowest BCUT2D eigenvalue weighted by Gasteiger charge is -2.29. The highest BCUT2D eigenvalue weighted by molar-refractivity contribution is 5.66. The van der Waals surface area contributed by atoms with Gasteiger partial charge in [-0.25, -0.2) is 0 Å². The Morgan fingerprint density at radius 3 is 2.66 bits per heavy atom. The first kappa shape index (κ1) is 20.1. The van der Waals surface area contributed by atoms with Crippen LogP contribution in [0.4, 0.5) is 0 Å². The zero-order valence-corrected chi connectivity index (χ0v) is 17.3. The Labute approximate surface area is 173 Å². The molecule has 2 saturated heterocycles. The smallest absolute Gasteiger partial charge is 0.303 e. The van der Waals surface area contributed by atoms with E-state index in [1.54, 1.807) is 0 Å². The van der Waals surface area contributed by atoms with Crippen molar-refractivity contribution in [2.75, 3.05) is 32.7 Å². The number of nitrogens with zero attached hydrogens (tertiary/aromatic N) is 4. The topological polar surface area (TPSA) is 61.6 Å². The summed E-state index contributed by atoms with van der Waals surface area (Å²) in [4.78, 5) is 16.4. The van der Waals surface area contributed by atoms with Gasteiger partial charge >= 0.3 is 5.97 Å². The minimum Gasteiger partial charge on any atom is -0.481 e. The normalized spacial score (nSPS) is 24.8. The number of aliphatic carboxylic acids is 1. The third-order valence-corrected chi connectivity index (χ3v) is 6.61. The van der Waals surface area contributed by atoms with Gasteiger partial charge in [0, 0.05) is 57.3 Å². The van der Waals surface area contributed by atoms with Crippen molar-refractivity contribution in [1.82, 2.24) is 19.6 Å². The molecule has 2 aliphatic heterocycles. The third-order valence-electron chi connectivity index (χ3n) is 6.61. The van der Waals surface area contributed by atoms with E-state index < -0.39 is 5.97 Å². The number of hydrogen-bond acceptors (Lipinski definition) is 4. The average molecular weight is 397 g/mol. The number of fused-ring (bicyclic) bond motifs is 1. The molecule has 6 heteroatoms. The Kier molecular flexibility index (Phi) is 6.01. The number of rotatable bonds is 9. The van der Waals surface area contributed by atoms with Gasteiger partial charge in [-0.3, -0.25) is 14.4 Å². The maximum absolute atomic E-state index is 11.3. The van der Waals surface area contributed by atoms with Gasteiger partial charge in [-0.05, 0) is 43.4 Å². The fraction of sp³-hybridized carbons (Fsp3) is 0.565. The SMILES string of the molecule is Cc1cnn(CCCN2CC3CN(Cc4ccccc4)CC3(CCC(=O)O)C2)c1. The van der Waals surface area contributed by atoms with Crippen LogP contribution in [0.1, 0.15) is 30.4 Å². The van der Waals surface area contributed by atoms with Gasteiger partial charge in [0.05, 0.1) is 6.20 Å². The molecule has 2 fully saturated rings. The molecule has 6 nitrogen and oxygen atoms in total. The van der Waals surface area contributed by atoms with Crippen molar-refractivity contribution in [3.8, 4) is 0 Å². The predicted molar refractivity (Wildman–Crippen MR) is 113 cm³/mol. The molecule has 1 aromatic carbocycles. The second-order valence-corrected chi connectivity index (χ2v) is 8.98. The zero-order valence-electron chi connectivity index (χ0n) is 17.3. The van der Waals surface area contributed by atoms with Crippen LogP contribution in [0.5, 0.6) is 0 Å². The molecule has 0 saturated carbocycles. The Balaban J connectivity index is 1.35. The molecule has 0 amide bonds. The number of carboxylic acid groups (broad SMARTS) is 1. The van der Waals surface area contributed by atoms with Gasteiger partial charge in [0.1, 0.15) is 0 Å². The van der Waals surface area contributed by atoms with Crippen LogP contribution in [0.15, 0.2) is 42.7 Å². The molecule has 0 bridgehead atoms. The van der Waals surface area contributed by atoms with Crippen molar-refractivity contribution in [2.45, 2.75) is 39.3 Å². The summed E-state index contributed by atoms with van der Waals surface area (Å²) in [7, 11) is 0. The first-order valence-electron chi connectivity index (χ1n) is 10.7. The van der Waals surface area contributed by atoms with E-state index in [1.165, 1.54) is 11.1 Å². The largest absolute Gasteiger partial charge is 0.481 e. The summed E-state index contributed by atoms with van der Waals surface area (Å²) < 4.78 is 2.02. The monoisotopic (exact) mass is 396 g/mol. The standard InChI is InChI=1S/C23H32N4O2/c1-19-12-24-27(13-19)11-5-10-25-15-21-16-26(14-20-6-3-2-4-7-20)18-23(21,17-25)9-8-22(28)29/h2-4,6-7,12-13,21H,5,8-11,14-18H2,1H3,(H,28,29). The van der Waals surface area contributed by atoms with E-state index in [2.05, 4.69) is 58.4 Å². The molecule has 2 aliphatic rings. The number of hydrogen-bond donors (Lipinski definition) is 1. The van der Waals surface area contributed by atoms with Gasteiger partial charge in [0.25, 0.3) is 0 Å². The summed E-state index contributed by atoms with van der Waals surface area (Å²) in [6.07, 6.45) is 6.14. The van der Waals surface area contributed by atoms with Crippen LogP contribution in [0.2, 0.25) is 0 Å². The van der Waals surface area contributed by atoms with E-state index in [0.717, 1.165) is 58.7 Å². The van der Waals surface area contributed by atoms with E-state index in [1.807, 2.05) is 10.9 Å². The van der Waals surface area contributed by atoms with E-state index in [-0.39, 0.29) is 11.8 Å². The van der Waals surface area contributed by atoms with Gasteiger partial charge < -0.3 is 10.0 Å². The minimum absolute atomic E-state index is 0.120. The lowest BCUT2D eigenvalue weighted by molar-refractivity contribution is -0.137. The lowest BCUT2D eigenvalue weighted by Crippen LogP contribution is -2.35. The highest BCUT2D eigenvalue weighted by atomic mass is 16.4. The Hall–Kier alpha value is -2.18. The molecule has 1 N–H and O–H groups in total. The molecule has 0 spiro atoms. The van der Waals surface area contributed by atoms with E-state index in [0.29, 0.717) is 5.92 Å². The van der Waals surface area contributed by atoms with Crippen LogP contribution in [0.3, 0.4) is 0 Å².